The molecule has 0 aromatic rings. The van der Waals surface area contributed by atoms with E-state index in [1.54, 1.807) is 7.11 Å². The summed E-state index contributed by atoms with van der Waals surface area (Å²) in [7, 11) is 1.67. The van der Waals surface area contributed by atoms with Gasteiger partial charge >= 0.3 is 0 Å². The minimum atomic E-state index is -0.371. The van der Waals surface area contributed by atoms with Gasteiger partial charge in [0, 0.05) is 19.1 Å². The van der Waals surface area contributed by atoms with Gasteiger partial charge in [0.1, 0.15) is 5.76 Å². The van der Waals surface area contributed by atoms with E-state index in [-0.39, 0.29) is 5.60 Å². The topological polar surface area (TPSA) is 29.5 Å². The Hall–Kier alpha value is -1.02. The number of hydrogen-bond donors (Lipinski definition) is 1. The van der Waals surface area contributed by atoms with Gasteiger partial charge in [-0.3, -0.25) is 0 Å². The average molecular weight is 222 g/mol. The predicted octanol–water partition coefficient (Wildman–Crippen LogP) is 3.77. The van der Waals surface area contributed by atoms with Gasteiger partial charge in [-0.2, -0.15) is 0 Å². The van der Waals surface area contributed by atoms with Gasteiger partial charge in [-0.15, -0.1) is 0 Å². The summed E-state index contributed by atoms with van der Waals surface area (Å²) < 4.78 is 5.45. The monoisotopic (exact) mass is 222 g/mol. The first-order valence-corrected chi connectivity index (χ1v) is 5.71. The van der Waals surface area contributed by atoms with Gasteiger partial charge in [-0.25, -0.2) is 0 Å². The van der Waals surface area contributed by atoms with Crippen molar-refractivity contribution in [3.63, 3.8) is 0 Å². The largest absolute Gasteiger partial charge is 0.507 e. The van der Waals surface area contributed by atoms with E-state index in [1.807, 2.05) is 19.9 Å². The molecule has 1 aliphatic carbocycles. The van der Waals surface area contributed by atoms with Crippen LogP contribution in [0.4, 0.5) is 0 Å². The Balaban J connectivity index is 3.18. The number of aliphatic hydroxyl groups excluding tert-OH is 1. The van der Waals surface area contributed by atoms with Crippen molar-refractivity contribution in [1.29, 1.82) is 0 Å². The van der Waals surface area contributed by atoms with E-state index in [2.05, 4.69) is 20.4 Å². The summed E-state index contributed by atoms with van der Waals surface area (Å²) in [6, 6.07) is 0. The molecule has 2 heteroatoms. The Bertz CT molecular complexity index is 361. The van der Waals surface area contributed by atoms with Crippen LogP contribution in [0, 0.1) is 5.92 Å². The Kier molecular flexibility index (Phi) is 3.64. The predicted molar refractivity (Wildman–Crippen MR) is 67.4 cm³/mol. The number of hydrogen-bond acceptors (Lipinski definition) is 2. The lowest BCUT2D eigenvalue weighted by Crippen LogP contribution is -2.41. The van der Waals surface area contributed by atoms with E-state index in [9.17, 15) is 5.11 Å². The summed E-state index contributed by atoms with van der Waals surface area (Å²) in [6.07, 6.45) is 2.74. The van der Waals surface area contributed by atoms with E-state index in [4.69, 9.17) is 4.74 Å². The van der Waals surface area contributed by atoms with Gasteiger partial charge in [0.05, 0.1) is 5.60 Å². The van der Waals surface area contributed by atoms with Crippen molar-refractivity contribution in [2.45, 2.75) is 39.7 Å². The second-order valence-electron chi connectivity index (χ2n) is 4.84. The van der Waals surface area contributed by atoms with E-state index in [0.717, 1.165) is 23.1 Å². The Labute approximate surface area is 98.3 Å². The summed E-state index contributed by atoms with van der Waals surface area (Å²) in [6.45, 7) is 12.0. The standard InChI is InChI=1S/C14H22O2/c1-7-11(9(2)3)13(15)12-10(4)8-14(12,5)16-6/h7,9,15H,4,8H2,1-3,5-6H3/b11-7-,13-12-. The van der Waals surface area contributed by atoms with Gasteiger partial charge in [0.2, 0.25) is 0 Å². The molecular weight excluding hydrogens is 200 g/mol. The van der Waals surface area contributed by atoms with E-state index >= 15 is 0 Å². The highest BCUT2D eigenvalue weighted by Gasteiger charge is 2.44. The van der Waals surface area contributed by atoms with Crippen LogP contribution in [-0.2, 0) is 4.74 Å². The molecule has 1 atom stereocenters. The highest BCUT2D eigenvalue weighted by molar-refractivity contribution is 5.53. The molecule has 1 rings (SSSR count). The van der Waals surface area contributed by atoms with Crippen LogP contribution in [0.15, 0.2) is 35.1 Å². The summed E-state index contributed by atoms with van der Waals surface area (Å²) in [5.41, 5.74) is 2.42. The Morgan fingerprint density at radius 1 is 1.56 bits per heavy atom. The average Bonchev–Trinajstić information content (AvgIpc) is 2.16. The molecule has 1 aliphatic rings. The number of allylic oxidation sites excluding steroid dienone is 2. The fraction of sp³-hybridized carbons (Fsp3) is 0.571. The minimum Gasteiger partial charge on any atom is -0.507 e. The summed E-state index contributed by atoms with van der Waals surface area (Å²) >= 11 is 0. The molecule has 0 heterocycles. The molecule has 0 radical (unpaired) electrons. The van der Waals surface area contributed by atoms with Crippen molar-refractivity contribution < 1.29 is 9.84 Å². The molecule has 0 aromatic heterocycles. The van der Waals surface area contributed by atoms with E-state index in [1.165, 1.54) is 0 Å². The molecular formula is C14H22O2. The second kappa shape index (κ2) is 4.46. The molecule has 0 saturated heterocycles. The van der Waals surface area contributed by atoms with Crippen LogP contribution in [0.3, 0.4) is 0 Å². The first-order chi connectivity index (χ1) is 7.37. The maximum atomic E-state index is 10.3. The third kappa shape index (κ3) is 1.94. The lowest BCUT2D eigenvalue weighted by Gasteiger charge is -2.43. The van der Waals surface area contributed by atoms with Crippen molar-refractivity contribution in [3.8, 4) is 0 Å². The molecule has 0 spiro atoms. The van der Waals surface area contributed by atoms with E-state index in [0.29, 0.717) is 11.7 Å². The molecule has 1 N–H and O–H groups in total. The molecule has 16 heavy (non-hydrogen) atoms. The smallest absolute Gasteiger partial charge is 0.125 e. The zero-order valence-electron chi connectivity index (χ0n) is 10.9. The van der Waals surface area contributed by atoms with Crippen molar-refractivity contribution in [1.82, 2.24) is 0 Å². The fourth-order valence-electron chi connectivity index (χ4n) is 2.33. The Morgan fingerprint density at radius 2 is 2.12 bits per heavy atom. The summed E-state index contributed by atoms with van der Waals surface area (Å²) in [4.78, 5) is 0. The van der Waals surface area contributed by atoms with E-state index < -0.39 is 0 Å². The normalized spacial score (nSPS) is 29.4. The molecule has 1 unspecified atom stereocenters. The van der Waals surface area contributed by atoms with Crippen molar-refractivity contribution >= 4 is 0 Å². The SMILES string of the molecule is C=C1CC(C)(OC)/C1=C(O)/C(=C\C)C(C)C. The molecule has 1 fully saturated rings. The zero-order chi connectivity index (χ0) is 12.5. The van der Waals surface area contributed by atoms with Crippen LogP contribution < -0.4 is 0 Å². The number of aliphatic hydroxyl groups is 1. The summed E-state index contributed by atoms with van der Waals surface area (Å²) in [5.74, 6) is 0.644. The zero-order valence-corrected chi connectivity index (χ0v) is 10.9. The van der Waals surface area contributed by atoms with Crippen LogP contribution in [0.2, 0.25) is 0 Å². The second-order valence-corrected chi connectivity index (χ2v) is 4.84. The van der Waals surface area contributed by atoms with Gasteiger partial charge < -0.3 is 9.84 Å². The van der Waals surface area contributed by atoms with Crippen LogP contribution >= 0.6 is 0 Å². The van der Waals surface area contributed by atoms with Crippen LogP contribution in [0.5, 0.6) is 0 Å². The van der Waals surface area contributed by atoms with Crippen molar-refractivity contribution in [3.05, 3.63) is 35.1 Å². The van der Waals surface area contributed by atoms with Gasteiger partial charge in [0.25, 0.3) is 0 Å². The molecule has 0 aromatic carbocycles. The highest BCUT2D eigenvalue weighted by atomic mass is 16.5. The van der Waals surface area contributed by atoms with Crippen LogP contribution in [0.1, 0.15) is 34.1 Å². The third-order valence-electron chi connectivity index (χ3n) is 3.33. The fourth-order valence-corrected chi connectivity index (χ4v) is 2.33. The maximum Gasteiger partial charge on any atom is 0.125 e. The molecule has 0 bridgehead atoms. The molecule has 0 amide bonds. The molecule has 2 nitrogen and oxygen atoms in total. The lowest BCUT2D eigenvalue weighted by atomic mass is 9.70. The van der Waals surface area contributed by atoms with Gasteiger partial charge in [-0.1, -0.05) is 26.5 Å². The van der Waals surface area contributed by atoms with Crippen LogP contribution in [0.25, 0.3) is 0 Å². The molecule has 0 aliphatic heterocycles. The van der Waals surface area contributed by atoms with Crippen molar-refractivity contribution in [2.24, 2.45) is 5.92 Å². The number of methoxy groups -OCH3 is 1. The molecule has 1 saturated carbocycles. The summed E-state index contributed by atoms with van der Waals surface area (Å²) in [5, 5.41) is 10.3. The maximum absolute atomic E-state index is 10.3. The molecule has 90 valence electrons. The quantitative estimate of drug-likeness (QED) is 0.737. The van der Waals surface area contributed by atoms with Crippen molar-refractivity contribution in [2.75, 3.05) is 7.11 Å². The number of ether oxygens (including phenoxy) is 1. The first kappa shape index (κ1) is 13.0. The minimum absolute atomic E-state index is 0.298. The highest BCUT2D eigenvalue weighted by Crippen LogP contribution is 2.47. The third-order valence-corrected chi connectivity index (χ3v) is 3.33. The first-order valence-electron chi connectivity index (χ1n) is 5.71. The lowest BCUT2D eigenvalue weighted by molar-refractivity contribution is 0.0144. The van der Waals surface area contributed by atoms with Crippen LogP contribution in [-0.4, -0.2) is 17.8 Å². The Morgan fingerprint density at radius 3 is 2.44 bits per heavy atom. The number of rotatable bonds is 3. The van der Waals surface area contributed by atoms with Gasteiger partial charge in [-0.05, 0) is 30.9 Å². The van der Waals surface area contributed by atoms with Gasteiger partial charge in [0.15, 0.2) is 0 Å².